The van der Waals surface area contributed by atoms with Gasteiger partial charge in [0.25, 0.3) is 5.91 Å². The highest BCUT2D eigenvalue weighted by atomic mass is 35.5. The van der Waals surface area contributed by atoms with Crippen LogP contribution < -0.4 is 11.1 Å². The van der Waals surface area contributed by atoms with E-state index in [1.807, 2.05) is 0 Å². The molecule has 122 valence electrons. The SMILES string of the molecule is CN1CCC(CCNC(=O)c2csc(CN)n2)CC1.Cl.Cl. The molecule has 1 aliphatic heterocycles. The minimum absolute atomic E-state index is 0. The zero-order valence-electron chi connectivity index (χ0n) is 12.2. The Morgan fingerprint density at radius 2 is 2.14 bits per heavy atom. The van der Waals surface area contributed by atoms with Crippen LogP contribution in [0.4, 0.5) is 0 Å². The lowest BCUT2D eigenvalue weighted by atomic mass is 9.94. The maximum Gasteiger partial charge on any atom is 0.270 e. The summed E-state index contributed by atoms with van der Waals surface area (Å²) in [6, 6.07) is 0. The van der Waals surface area contributed by atoms with Gasteiger partial charge in [-0.2, -0.15) is 0 Å². The molecule has 3 N–H and O–H groups in total. The lowest BCUT2D eigenvalue weighted by molar-refractivity contribution is 0.0944. The van der Waals surface area contributed by atoms with E-state index in [1.165, 1.54) is 37.3 Å². The van der Waals surface area contributed by atoms with E-state index in [-0.39, 0.29) is 30.7 Å². The van der Waals surface area contributed by atoms with Crippen LogP contribution in [0.25, 0.3) is 0 Å². The van der Waals surface area contributed by atoms with Crippen molar-refractivity contribution in [2.24, 2.45) is 11.7 Å². The quantitative estimate of drug-likeness (QED) is 0.846. The second-order valence-corrected chi connectivity index (χ2v) is 6.06. The molecule has 1 aliphatic rings. The average molecular weight is 355 g/mol. The molecule has 1 fully saturated rings. The highest BCUT2D eigenvalue weighted by Crippen LogP contribution is 2.18. The number of aromatic nitrogens is 1. The molecule has 8 heteroatoms. The third kappa shape index (κ3) is 6.48. The summed E-state index contributed by atoms with van der Waals surface area (Å²) in [6.45, 7) is 3.48. The molecular weight excluding hydrogens is 331 g/mol. The Hall–Kier alpha value is -0.400. The molecule has 1 saturated heterocycles. The second kappa shape index (κ2) is 10.3. The predicted molar refractivity (Wildman–Crippen MR) is 91.7 cm³/mol. The van der Waals surface area contributed by atoms with Gasteiger partial charge in [0.15, 0.2) is 0 Å². The molecule has 0 spiro atoms. The van der Waals surface area contributed by atoms with E-state index in [1.54, 1.807) is 5.38 Å². The molecule has 21 heavy (non-hydrogen) atoms. The van der Waals surface area contributed by atoms with Crippen LogP contribution in [-0.2, 0) is 6.54 Å². The zero-order chi connectivity index (χ0) is 13.7. The summed E-state index contributed by atoms with van der Waals surface area (Å²) in [7, 11) is 2.16. The molecule has 0 unspecified atom stereocenters. The number of piperidine rings is 1. The summed E-state index contributed by atoms with van der Waals surface area (Å²) < 4.78 is 0. The van der Waals surface area contributed by atoms with Crippen LogP contribution in [0, 0.1) is 5.92 Å². The molecule has 2 heterocycles. The molecular formula is C13H24Cl2N4OS. The molecule has 1 aromatic heterocycles. The fourth-order valence-corrected chi connectivity index (χ4v) is 2.99. The monoisotopic (exact) mass is 354 g/mol. The van der Waals surface area contributed by atoms with E-state index in [4.69, 9.17) is 5.73 Å². The molecule has 2 rings (SSSR count). The van der Waals surface area contributed by atoms with E-state index < -0.39 is 0 Å². The number of carbonyl (C=O) groups is 1. The van der Waals surface area contributed by atoms with Crippen molar-refractivity contribution < 1.29 is 4.79 Å². The normalized spacial score (nSPS) is 15.9. The van der Waals surface area contributed by atoms with E-state index in [0.717, 1.165) is 23.9 Å². The Bertz CT molecular complexity index is 422. The summed E-state index contributed by atoms with van der Waals surface area (Å²) in [4.78, 5) is 18.4. The van der Waals surface area contributed by atoms with Gasteiger partial charge >= 0.3 is 0 Å². The van der Waals surface area contributed by atoms with E-state index >= 15 is 0 Å². The van der Waals surface area contributed by atoms with Crippen LogP contribution in [0.1, 0.15) is 34.8 Å². The molecule has 0 bridgehead atoms. The molecule has 0 atom stereocenters. The zero-order valence-corrected chi connectivity index (χ0v) is 14.7. The lowest BCUT2D eigenvalue weighted by Crippen LogP contribution is -2.32. The summed E-state index contributed by atoms with van der Waals surface area (Å²) in [5, 5.41) is 5.52. The van der Waals surface area contributed by atoms with Crippen LogP contribution >= 0.6 is 36.2 Å². The maximum atomic E-state index is 11.9. The third-order valence-electron chi connectivity index (χ3n) is 3.64. The third-order valence-corrected chi connectivity index (χ3v) is 4.51. The molecule has 5 nitrogen and oxygen atoms in total. The van der Waals surface area contributed by atoms with Crippen LogP contribution in [0.15, 0.2) is 5.38 Å². The number of carbonyl (C=O) groups excluding carboxylic acids is 1. The number of likely N-dealkylation sites (tertiary alicyclic amines) is 1. The minimum Gasteiger partial charge on any atom is -0.351 e. The fraction of sp³-hybridized carbons (Fsp3) is 0.692. The first-order valence-electron chi connectivity index (χ1n) is 6.80. The molecule has 0 radical (unpaired) electrons. The van der Waals surface area contributed by atoms with Gasteiger partial charge in [0, 0.05) is 18.5 Å². The number of amides is 1. The van der Waals surface area contributed by atoms with Gasteiger partial charge in [-0.1, -0.05) is 0 Å². The molecule has 0 saturated carbocycles. The summed E-state index contributed by atoms with van der Waals surface area (Å²) in [5.41, 5.74) is 5.98. The fourth-order valence-electron chi connectivity index (χ4n) is 2.34. The van der Waals surface area contributed by atoms with E-state index in [2.05, 4.69) is 22.2 Å². The summed E-state index contributed by atoms with van der Waals surface area (Å²) >= 11 is 1.44. The number of thiazole rings is 1. The van der Waals surface area contributed by atoms with Crippen LogP contribution in [0.3, 0.4) is 0 Å². The van der Waals surface area contributed by atoms with Crippen LogP contribution in [-0.4, -0.2) is 42.5 Å². The van der Waals surface area contributed by atoms with Gasteiger partial charge in [-0.15, -0.1) is 36.2 Å². The average Bonchev–Trinajstić information content (AvgIpc) is 2.90. The minimum atomic E-state index is -0.0797. The Morgan fingerprint density at radius 1 is 1.48 bits per heavy atom. The highest BCUT2D eigenvalue weighted by Gasteiger charge is 2.17. The maximum absolute atomic E-state index is 11.9. The Labute approximate surface area is 142 Å². The van der Waals surface area contributed by atoms with E-state index in [9.17, 15) is 4.79 Å². The number of nitrogens with one attached hydrogen (secondary N) is 1. The number of nitrogens with zero attached hydrogens (tertiary/aromatic N) is 2. The van der Waals surface area contributed by atoms with Crippen molar-refractivity contribution in [1.29, 1.82) is 0 Å². The number of halogens is 2. The van der Waals surface area contributed by atoms with Crippen molar-refractivity contribution in [3.8, 4) is 0 Å². The molecule has 0 aromatic carbocycles. The summed E-state index contributed by atoms with van der Waals surface area (Å²) in [6.07, 6.45) is 3.54. The van der Waals surface area contributed by atoms with Crippen molar-refractivity contribution in [3.05, 3.63) is 16.1 Å². The van der Waals surface area contributed by atoms with Crippen LogP contribution in [0.2, 0.25) is 0 Å². The van der Waals surface area contributed by atoms with Gasteiger partial charge in [-0.3, -0.25) is 4.79 Å². The number of nitrogens with two attached hydrogens (primary N) is 1. The highest BCUT2D eigenvalue weighted by molar-refractivity contribution is 7.09. The topological polar surface area (TPSA) is 71.2 Å². The van der Waals surface area contributed by atoms with Crippen LogP contribution in [0.5, 0.6) is 0 Å². The van der Waals surface area contributed by atoms with Gasteiger partial charge in [-0.05, 0) is 45.3 Å². The van der Waals surface area contributed by atoms with Gasteiger partial charge in [0.2, 0.25) is 0 Å². The predicted octanol–water partition coefficient (Wildman–Crippen LogP) is 1.91. The number of hydrogen-bond acceptors (Lipinski definition) is 5. The number of rotatable bonds is 5. The van der Waals surface area contributed by atoms with Gasteiger partial charge in [-0.25, -0.2) is 4.98 Å². The number of hydrogen-bond donors (Lipinski definition) is 2. The second-order valence-electron chi connectivity index (χ2n) is 5.12. The van der Waals surface area contributed by atoms with E-state index in [0.29, 0.717) is 12.2 Å². The largest absolute Gasteiger partial charge is 0.351 e. The first kappa shape index (κ1) is 20.6. The lowest BCUT2D eigenvalue weighted by Gasteiger charge is -2.28. The summed E-state index contributed by atoms with van der Waals surface area (Å²) in [5.74, 6) is 0.662. The molecule has 1 aromatic rings. The smallest absolute Gasteiger partial charge is 0.270 e. The van der Waals surface area contributed by atoms with Gasteiger partial charge in [0.1, 0.15) is 10.7 Å². The first-order valence-corrected chi connectivity index (χ1v) is 7.68. The van der Waals surface area contributed by atoms with Crippen molar-refractivity contribution in [3.63, 3.8) is 0 Å². The Kier molecular flexibility index (Phi) is 10.1. The van der Waals surface area contributed by atoms with Crippen molar-refractivity contribution >= 4 is 42.1 Å². The standard InChI is InChI=1S/C13H22N4OS.2ClH/c1-17-6-3-10(4-7-17)2-5-15-13(18)11-9-19-12(8-14)16-11;;/h9-10H,2-8,14H2,1H3,(H,15,18);2*1H. The Morgan fingerprint density at radius 3 is 2.71 bits per heavy atom. The van der Waals surface area contributed by atoms with Crippen molar-refractivity contribution in [2.45, 2.75) is 25.8 Å². The molecule has 0 aliphatic carbocycles. The molecule has 1 amide bonds. The van der Waals surface area contributed by atoms with Gasteiger partial charge < -0.3 is 16.0 Å². The van der Waals surface area contributed by atoms with Crippen molar-refractivity contribution in [2.75, 3.05) is 26.7 Å². The van der Waals surface area contributed by atoms with Gasteiger partial charge in [0.05, 0.1) is 0 Å². The first-order chi connectivity index (χ1) is 9.19. The Balaban J connectivity index is 0.00000200. The van der Waals surface area contributed by atoms with Crippen molar-refractivity contribution in [1.82, 2.24) is 15.2 Å².